The number of benzene rings is 1. The number of H-pyrrole nitrogens is 1. The summed E-state index contributed by atoms with van der Waals surface area (Å²) in [6, 6.07) is 5.00. The number of imidazole rings is 1. The van der Waals surface area contributed by atoms with E-state index >= 15 is 0 Å². The molecule has 0 radical (unpaired) electrons. The Morgan fingerprint density at radius 1 is 1.50 bits per heavy atom. The van der Waals surface area contributed by atoms with E-state index in [9.17, 15) is 4.39 Å². The summed E-state index contributed by atoms with van der Waals surface area (Å²) in [5.41, 5.74) is 1.19. The van der Waals surface area contributed by atoms with Crippen molar-refractivity contribution in [2.24, 2.45) is 0 Å². The number of halogens is 1. The Bertz CT molecular complexity index is 582. The lowest BCUT2D eigenvalue weighted by Crippen LogP contribution is -2.39. The number of ether oxygens (including phenoxy) is 1. The van der Waals surface area contributed by atoms with E-state index in [1.165, 1.54) is 6.07 Å². The van der Waals surface area contributed by atoms with Crippen molar-refractivity contribution in [1.29, 1.82) is 0 Å². The van der Waals surface area contributed by atoms with Crippen LogP contribution in [0.2, 0.25) is 0 Å². The lowest BCUT2D eigenvalue weighted by molar-refractivity contribution is 0.00305. The normalized spacial score (nSPS) is 20.6. The fraction of sp³-hybridized carbons (Fsp3) is 0.533. The van der Waals surface area contributed by atoms with Crippen molar-refractivity contribution in [2.75, 3.05) is 19.7 Å². The number of likely N-dealkylation sites (tertiary alicyclic amines) is 1. The largest absolute Gasteiger partial charge is 0.377 e. The lowest BCUT2D eigenvalue weighted by atomic mass is 10.1. The van der Waals surface area contributed by atoms with Crippen LogP contribution in [0.1, 0.15) is 25.6 Å². The molecular formula is C15H20FN3O. The third kappa shape index (κ3) is 2.83. The molecule has 5 heteroatoms. The zero-order valence-electron chi connectivity index (χ0n) is 11.7. The second-order valence-corrected chi connectivity index (χ2v) is 5.27. The lowest BCUT2D eigenvalue weighted by Gasteiger charge is -2.31. The molecule has 20 heavy (non-hydrogen) atoms. The molecule has 108 valence electrons. The highest BCUT2D eigenvalue weighted by atomic mass is 19.1. The molecule has 0 amide bonds. The van der Waals surface area contributed by atoms with Gasteiger partial charge in [-0.1, -0.05) is 6.07 Å². The summed E-state index contributed by atoms with van der Waals surface area (Å²) in [7, 11) is 0. The summed E-state index contributed by atoms with van der Waals surface area (Å²) in [5.74, 6) is 0.554. The van der Waals surface area contributed by atoms with Gasteiger partial charge in [0.15, 0.2) is 5.82 Å². The molecular weight excluding hydrogens is 257 g/mol. The maximum absolute atomic E-state index is 13.6. The fourth-order valence-corrected chi connectivity index (χ4v) is 2.86. The Morgan fingerprint density at radius 3 is 3.20 bits per heavy atom. The van der Waals surface area contributed by atoms with Gasteiger partial charge in [-0.2, -0.15) is 0 Å². The first-order valence-electron chi connectivity index (χ1n) is 7.23. The first-order valence-corrected chi connectivity index (χ1v) is 7.23. The van der Waals surface area contributed by atoms with Gasteiger partial charge in [0.25, 0.3) is 0 Å². The van der Waals surface area contributed by atoms with Crippen molar-refractivity contribution in [3.63, 3.8) is 0 Å². The van der Waals surface area contributed by atoms with Gasteiger partial charge in [-0.05, 0) is 38.4 Å². The summed E-state index contributed by atoms with van der Waals surface area (Å²) < 4.78 is 19.3. The molecule has 0 saturated carbocycles. The van der Waals surface area contributed by atoms with E-state index in [1.54, 1.807) is 6.07 Å². The predicted molar refractivity (Wildman–Crippen MR) is 76.0 cm³/mol. The number of rotatable bonds is 4. The van der Waals surface area contributed by atoms with Crippen LogP contribution in [-0.4, -0.2) is 40.7 Å². The zero-order valence-corrected chi connectivity index (χ0v) is 11.7. The van der Waals surface area contributed by atoms with Crippen LogP contribution in [0.4, 0.5) is 4.39 Å². The molecule has 1 aromatic heterocycles. The SMILES string of the molecule is CCO[C@@H]1CCCN(Cc2nc3c(F)cccc3[nH]2)C1. The second kappa shape index (κ2) is 5.89. The van der Waals surface area contributed by atoms with Crippen molar-refractivity contribution in [1.82, 2.24) is 14.9 Å². The molecule has 1 N–H and O–H groups in total. The van der Waals surface area contributed by atoms with E-state index in [0.717, 1.165) is 50.4 Å². The van der Waals surface area contributed by atoms with Crippen LogP contribution in [0.15, 0.2) is 18.2 Å². The molecule has 1 aliphatic heterocycles. The van der Waals surface area contributed by atoms with E-state index in [4.69, 9.17) is 4.74 Å². The van der Waals surface area contributed by atoms with Crippen molar-refractivity contribution >= 4 is 11.0 Å². The molecule has 0 aliphatic carbocycles. The number of aromatic amines is 1. The first kappa shape index (κ1) is 13.5. The minimum Gasteiger partial charge on any atom is -0.377 e. The van der Waals surface area contributed by atoms with Crippen LogP contribution in [-0.2, 0) is 11.3 Å². The number of nitrogens with zero attached hydrogens (tertiary/aromatic N) is 2. The molecule has 1 fully saturated rings. The summed E-state index contributed by atoms with van der Waals surface area (Å²) in [4.78, 5) is 9.88. The van der Waals surface area contributed by atoms with Gasteiger partial charge in [-0.3, -0.25) is 4.90 Å². The van der Waals surface area contributed by atoms with Crippen LogP contribution < -0.4 is 0 Å². The average Bonchev–Trinajstić information content (AvgIpc) is 2.83. The highest BCUT2D eigenvalue weighted by Gasteiger charge is 2.21. The molecule has 1 aliphatic rings. The average molecular weight is 277 g/mol. The Hall–Kier alpha value is -1.46. The smallest absolute Gasteiger partial charge is 0.151 e. The van der Waals surface area contributed by atoms with Crippen molar-refractivity contribution in [3.05, 3.63) is 29.8 Å². The van der Waals surface area contributed by atoms with Gasteiger partial charge in [-0.25, -0.2) is 9.37 Å². The van der Waals surface area contributed by atoms with Gasteiger partial charge in [0.2, 0.25) is 0 Å². The van der Waals surface area contributed by atoms with Crippen LogP contribution in [0.25, 0.3) is 11.0 Å². The minimum absolute atomic E-state index is 0.268. The number of hydrogen-bond acceptors (Lipinski definition) is 3. The van der Waals surface area contributed by atoms with Crippen LogP contribution >= 0.6 is 0 Å². The number of hydrogen-bond donors (Lipinski definition) is 1. The molecule has 0 unspecified atom stereocenters. The molecule has 2 aromatic rings. The Balaban J connectivity index is 1.71. The highest BCUT2D eigenvalue weighted by Crippen LogP contribution is 2.18. The van der Waals surface area contributed by atoms with Gasteiger partial charge in [0, 0.05) is 13.2 Å². The number of aromatic nitrogens is 2. The van der Waals surface area contributed by atoms with E-state index in [0.29, 0.717) is 11.6 Å². The molecule has 1 aromatic carbocycles. The highest BCUT2D eigenvalue weighted by molar-refractivity contribution is 5.75. The van der Waals surface area contributed by atoms with Gasteiger partial charge in [-0.15, -0.1) is 0 Å². The maximum atomic E-state index is 13.6. The zero-order chi connectivity index (χ0) is 13.9. The van der Waals surface area contributed by atoms with Gasteiger partial charge < -0.3 is 9.72 Å². The van der Waals surface area contributed by atoms with Crippen molar-refractivity contribution in [3.8, 4) is 0 Å². The molecule has 0 spiro atoms. The molecule has 1 saturated heterocycles. The van der Waals surface area contributed by atoms with E-state index in [1.807, 2.05) is 13.0 Å². The van der Waals surface area contributed by atoms with Gasteiger partial charge >= 0.3 is 0 Å². The third-order valence-electron chi connectivity index (χ3n) is 3.75. The van der Waals surface area contributed by atoms with Crippen molar-refractivity contribution in [2.45, 2.75) is 32.4 Å². The number of nitrogens with one attached hydrogen (secondary N) is 1. The topological polar surface area (TPSA) is 41.1 Å². The summed E-state index contributed by atoms with van der Waals surface area (Å²) >= 11 is 0. The predicted octanol–water partition coefficient (Wildman–Crippen LogP) is 2.70. The van der Waals surface area contributed by atoms with Crippen molar-refractivity contribution < 1.29 is 9.13 Å². The minimum atomic E-state index is -0.268. The van der Waals surface area contributed by atoms with Gasteiger partial charge in [0.05, 0.1) is 18.2 Å². The van der Waals surface area contributed by atoms with Gasteiger partial charge in [0.1, 0.15) is 11.3 Å². The second-order valence-electron chi connectivity index (χ2n) is 5.27. The first-order chi connectivity index (χ1) is 9.76. The fourth-order valence-electron chi connectivity index (χ4n) is 2.86. The Labute approximate surface area is 117 Å². The van der Waals surface area contributed by atoms with E-state index in [-0.39, 0.29) is 5.82 Å². The number of para-hydroxylation sites is 1. The number of fused-ring (bicyclic) bond motifs is 1. The van der Waals surface area contributed by atoms with Crippen LogP contribution in [0.3, 0.4) is 0 Å². The quantitative estimate of drug-likeness (QED) is 0.934. The molecule has 3 rings (SSSR count). The standard InChI is InChI=1S/C15H20FN3O/c1-2-20-11-5-4-8-19(9-11)10-14-17-13-7-3-6-12(16)15(13)18-14/h3,6-7,11H,2,4-5,8-10H2,1H3,(H,17,18)/t11-/m1/s1. The molecule has 0 bridgehead atoms. The maximum Gasteiger partial charge on any atom is 0.151 e. The summed E-state index contributed by atoms with van der Waals surface area (Å²) in [6.07, 6.45) is 2.58. The van der Waals surface area contributed by atoms with Crippen LogP contribution in [0, 0.1) is 5.82 Å². The van der Waals surface area contributed by atoms with Crippen LogP contribution in [0.5, 0.6) is 0 Å². The molecule has 4 nitrogen and oxygen atoms in total. The third-order valence-corrected chi connectivity index (χ3v) is 3.75. The Kier molecular flexibility index (Phi) is 3.98. The number of piperidine rings is 1. The Morgan fingerprint density at radius 2 is 2.40 bits per heavy atom. The van der Waals surface area contributed by atoms with E-state index < -0.39 is 0 Å². The summed E-state index contributed by atoms with van der Waals surface area (Å²) in [6.45, 7) is 5.48. The summed E-state index contributed by atoms with van der Waals surface area (Å²) in [5, 5.41) is 0. The van der Waals surface area contributed by atoms with E-state index in [2.05, 4.69) is 14.9 Å². The molecule has 1 atom stereocenters. The molecule has 2 heterocycles. The monoisotopic (exact) mass is 277 g/mol.